The fourth-order valence-corrected chi connectivity index (χ4v) is 2.08. The number of fused-ring (bicyclic) bond motifs is 1. The summed E-state index contributed by atoms with van der Waals surface area (Å²) in [6.45, 7) is 0. The normalized spacial score (nSPS) is 16.4. The van der Waals surface area contributed by atoms with Gasteiger partial charge in [-0.2, -0.15) is 0 Å². The van der Waals surface area contributed by atoms with Crippen molar-refractivity contribution < 1.29 is 15.0 Å². The Bertz CT molecular complexity index is 713. The third-order valence-electron chi connectivity index (χ3n) is 2.86. The minimum atomic E-state index is -0.565. The predicted octanol–water partition coefficient (Wildman–Crippen LogP) is 2.07. The third-order valence-corrected chi connectivity index (χ3v) is 3.09. The Morgan fingerprint density at radius 3 is 3.00 bits per heavy atom. The molecule has 0 bridgehead atoms. The van der Waals surface area contributed by atoms with E-state index in [0.29, 0.717) is 22.1 Å². The molecule has 0 fully saturated rings. The molecule has 0 saturated carbocycles. The number of nitrogens with one attached hydrogen (secondary N) is 2. The summed E-state index contributed by atoms with van der Waals surface area (Å²) in [7, 11) is 0. The van der Waals surface area contributed by atoms with Gasteiger partial charge in [-0.3, -0.25) is 0 Å². The van der Waals surface area contributed by atoms with Gasteiger partial charge in [0.15, 0.2) is 0 Å². The number of phenols is 1. The number of rotatable bonds is 3. The van der Waals surface area contributed by atoms with Gasteiger partial charge in [-0.05, 0) is 34.3 Å². The molecular formula is C12H9ClN4O4. The molecule has 8 nitrogen and oxygen atoms in total. The fraction of sp³-hybridized carbons (Fsp3) is 0. The Morgan fingerprint density at radius 1 is 1.43 bits per heavy atom. The van der Waals surface area contributed by atoms with E-state index in [1.165, 1.54) is 24.4 Å². The van der Waals surface area contributed by atoms with Crippen molar-refractivity contribution in [3.05, 3.63) is 68.9 Å². The van der Waals surface area contributed by atoms with E-state index in [4.69, 9.17) is 16.5 Å². The van der Waals surface area contributed by atoms with Crippen molar-refractivity contribution in [3.63, 3.8) is 0 Å². The standard InChI is InChI=1S/C12H9ClN4O4/c13-7-1-3-11(18)9(5-7)15-8-2-4-12(17(19)20)16-10(8)6-14-21-16/h1-6,14-15,18H. The quantitative estimate of drug-likeness (QED) is 0.446. The summed E-state index contributed by atoms with van der Waals surface area (Å²) in [6, 6.07) is 4.54. The SMILES string of the molecule is O=[N+]([O-])C1=CC=C(Nc2cc(Cl)ccc2O)C2=CNON21. The highest BCUT2D eigenvalue weighted by Crippen LogP contribution is 2.33. The van der Waals surface area contributed by atoms with Gasteiger partial charge in [0.05, 0.1) is 17.6 Å². The van der Waals surface area contributed by atoms with E-state index >= 15 is 0 Å². The number of anilines is 1. The monoisotopic (exact) mass is 308 g/mol. The molecule has 0 aliphatic carbocycles. The molecule has 0 aromatic heterocycles. The third kappa shape index (κ3) is 2.37. The highest BCUT2D eigenvalue weighted by molar-refractivity contribution is 6.30. The number of nitro groups is 1. The van der Waals surface area contributed by atoms with Crippen LogP contribution in [-0.4, -0.2) is 15.1 Å². The maximum atomic E-state index is 10.9. The fourth-order valence-electron chi connectivity index (χ4n) is 1.91. The number of hydroxylamine groups is 3. The van der Waals surface area contributed by atoms with Gasteiger partial charge in [0, 0.05) is 11.1 Å². The zero-order chi connectivity index (χ0) is 15.0. The number of benzene rings is 1. The summed E-state index contributed by atoms with van der Waals surface area (Å²) < 4.78 is 0. The Labute approximate surface area is 123 Å². The number of aromatic hydroxyl groups is 1. The van der Waals surface area contributed by atoms with Crippen molar-refractivity contribution in [2.24, 2.45) is 0 Å². The van der Waals surface area contributed by atoms with Crippen molar-refractivity contribution in [1.82, 2.24) is 10.5 Å². The number of allylic oxidation sites excluding steroid dienone is 2. The smallest absolute Gasteiger partial charge is 0.355 e. The van der Waals surface area contributed by atoms with Crippen LogP contribution in [0.25, 0.3) is 0 Å². The minimum Gasteiger partial charge on any atom is -0.506 e. The van der Waals surface area contributed by atoms with Crippen molar-refractivity contribution in [2.45, 2.75) is 0 Å². The van der Waals surface area contributed by atoms with E-state index in [0.717, 1.165) is 5.06 Å². The molecule has 108 valence electrons. The first kappa shape index (κ1) is 13.3. The lowest BCUT2D eigenvalue weighted by Gasteiger charge is -2.18. The van der Waals surface area contributed by atoms with E-state index < -0.39 is 4.92 Å². The summed E-state index contributed by atoms with van der Waals surface area (Å²) >= 11 is 5.88. The van der Waals surface area contributed by atoms with E-state index in [2.05, 4.69) is 10.8 Å². The molecule has 2 aliphatic heterocycles. The Morgan fingerprint density at radius 2 is 2.24 bits per heavy atom. The molecule has 0 unspecified atom stereocenters. The zero-order valence-electron chi connectivity index (χ0n) is 10.4. The summed E-state index contributed by atoms with van der Waals surface area (Å²) in [5.41, 5.74) is 3.72. The molecule has 0 spiro atoms. The number of nitrogens with zero attached hydrogens (tertiary/aromatic N) is 2. The topological polar surface area (TPSA) is 99.9 Å². The van der Waals surface area contributed by atoms with Crippen LogP contribution in [0.4, 0.5) is 5.69 Å². The van der Waals surface area contributed by atoms with Crippen LogP contribution in [0.15, 0.2) is 53.8 Å². The van der Waals surface area contributed by atoms with Crippen LogP contribution in [0.3, 0.4) is 0 Å². The molecule has 0 amide bonds. The Balaban J connectivity index is 1.95. The summed E-state index contributed by atoms with van der Waals surface area (Å²) in [4.78, 5) is 15.3. The first-order chi connectivity index (χ1) is 10.1. The first-order valence-electron chi connectivity index (χ1n) is 5.81. The van der Waals surface area contributed by atoms with Crippen LogP contribution in [0, 0.1) is 10.1 Å². The summed E-state index contributed by atoms with van der Waals surface area (Å²) in [5, 5.41) is 25.1. The molecule has 1 aromatic rings. The number of halogens is 1. The molecule has 0 atom stereocenters. The van der Waals surface area contributed by atoms with E-state index in [9.17, 15) is 15.2 Å². The van der Waals surface area contributed by atoms with Gasteiger partial charge in [-0.1, -0.05) is 16.5 Å². The van der Waals surface area contributed by atoms with Gasteiger partial charge in [-0.15, -0.1) is 0 Å². The molecule has 3 N–H and O–H groups in total. The van der Waals surface area contributed by atoms with Gasteiger partial charge in [0.2, 0.25) is 5.70 Å². The second-order valence-electron chi connectivity index (χ2n) is 4.18. The Hall–Kier alpha value is -2.71. The van der Waals surface area contributed by atoms with Gasteiger partial charge in [-0.25, -0.2) is 5.48 Å². The predicted molar refractivity (Wildman–Crippen MR) is 74.0 cm³/mol. The molecular weight excluding hydrogens is 300 g/mol. The largest absolute Gasteiger partial charge is 0.506 e. The zero-order valence-corrected chi connectivity index (χ0v) is 11.2. The number of hydrogen-bond donors (Lipinski definition) is 3. The molecule has 0 saturated heterocycles. The average molecular weight is 309 g/mol. The van der Waals surface area contributed by atoms with Crippen LogP contribution in [0.1, 0.15) is 0 Å². The lowest BCUT2D eigenvalue weighted by atomic mass is 10.2. The molecule has 9 heteroatoms. The van der Waals surface area contributed by atoms with Crippen LogP contribution in [-0.2, 0) is 4.94 Å². The second kappa shape index (κ2) is 5.00. The highest BCUT2D eigenvalue weighted by atomic mass is 35.5. The number of phenolic OH excluding ortho intramolecular Hbond substituents is 1. The summed E-state index contributed by atoms with van der Waals surface area (Å²) in [6.07, 6.45) is 4.25. The number of hydrogen-bond acceptors (Lipinski definition) is 7. The summed E-state index contributed by atoms with van der Waals surface area (Å²) in [5.74, 6) is -0.226. The molecule has 1 aromatic carbocycles. The van der Waals surface area contributed by atoms with Gasteiger partial charge < -0.3 is 20.5 Å². The average Bonchev–Trinajstić information content (AvgIpc) is 2.92. The molecule has 2 aliphatic rings. The van der Waals surface area contributed by atoms with E-state index in [-0.39, 0.29) is 11.6 Å². The molecule has 3 rings (SSSR count). The van der Waals surface area contributed by atoms with Crippen molar-refractivity contribution in [2.75, 3.05) is 5.32 Å². The van der Waals surface area contributed by atoms with Crippen LogP contribution in [0.2, 0.25) is 5.02 Å². The molecule has 21 heavy (non-hydrogen) atoms. The maximum Gasteiger partial charge on any atom is 0.355 e. The molecule has 2 heterocycles. The van der Waals surface area contributed by atoms with Crippen molar-refractivity contribution in [3.8, 4) is 5.75 Å². The van der Waals surface area contributed by atoms with Crippen molar-refractivity contribution >= 4 is 17.3 Å². The second-order valence-corrected chi connectivity index (χ2v) is 4.62. The van der Waals surface area contributed by atoms with Gasteiger partial charge >= 0.3 is 5.82 Å². The first-order valence-corrected chi connectivity index (χ1v) is 6.19. The lowest BCUT2D eigenvalue weighted by Crippen LogP contribution is -2.29. The highest BCUT2D eigenvalue weighted by Gasteiger charge is 2.37. The minimum absolute atomic E-state index is 0.00313. The van der Waals surface area contributed by atoms with Gasteiger partial charge in [0.25, 0.3) is 0 Å². The maximum absolute atomic E-state index is 10.9. The molecule has 0 radical (unpaired) electrons. The van der Waals surface area contributed by atoms with Crippen LogP contribution in [0.5, 0.6) is 5.75 Å². The lowest BCUT2D eigenvalue weighted by molar-refractivity contribution is -0.465. The van der Waals surface area contributed by atoms with Crippen LogP contribution >= 0.6 is 11.6 Å². The van der Waals surface area contributed by atoms with E-state index in [1.807, 2.05) is 0 Å². The van der Waals surface area contributed by atoms with Crippen LogP contribution < -0.4 is 10.8 Å². The van der Waals surface area contributed by atoms with Crippen molar-refractivity contribution in [1.29, 1.82) is 0 Å². The van der Waals surface area contributed by atoms with Gasteiger partial charge in [0.1, 0.15) is 5.75 Å². The Kier molecular flexibility index (Phi) is 3.16. The van der Waals surface area contributed by atoms with E-state index in [1.54, 1.807) is 12.1 Å².